The highest BCUT2D eigenvalue weighted by molar-refractivity contribution is 6.30. The number of rotatable bonds is 4. The lowest BCUT2D eigenvalue weighted by atomic mass is 10.1. The van der Waals surface area contributed by atoms with Gasteiger partial charge in [-0.25, -0.2) is 0 Å². The van der Waals surface area contributed by atoms with Gasteiger partial charge in [0.2, 0.25) is 0 Å². The van der Waals surface area contributed by atoms with E-state index < -0.39 is 0 Å². The highest BCUT2D eigenvalue weighted by Gasteiger charge is 2.23. The summed E-state index contributed by atoms with van der Waals surface area (Å²) in [5, 5.41) is 3.84. The van der Waals surface area contributed by atoms with E-state index in [-0.39, 0.29) is 6.10 Å². The summed E-state index contributed by atoms with van der Waals surface area (Å²) in [5.41, 5.74) is 4.05. The predicted molar refractivity (Wildman–Crippen MR) is 91.7 cm³/mol. The maximum absolute atomic E-state index is 5.93. The molecule has 2 aromatic heterocycles. The van der Waals surface area contributed by atoms with Crippen LogP contribution in [0.5, 0.6) is 0 Å². The van der Waals surface area contributed by atoms with E-state index in [1.54, 1.807) is 6.20 Å². The molecule has 0 aromatic carbocycles. The molecule has 1 saturated heterocycles. The molecular weight excluding hydrogens is 312 g/mol. The number of anilines is 1. The lowest BCUT2D eigenvalue weighted by Crippen LogP contribution is -2.38. The van der Waals surface area contributed by atoms with Crippen LogP contribution < -0.4 is 5.32 Å². The van der Waals surface area contributed by atoms with E-state index in [2.05, 4.69) is 26.3 Å². The summed E-state index contributed by atoms with van der Waals surface area (Å²) in [6.07, 6.45) is 1.68. The zero-order valence-electron chi connectivity index (χ0n) is 13.4. The number of pyridine rings is 2. The monoisotopic (exact) mass is 332 g/mol. The van der Waals surface area contributed by atoms with Crippen molar-refractivity contribution >= 4 is 17.3 Å². The van der Waals surface area contributed by atoms with Gasteiger partial charge in [-0.2, -0.15) is 0 Å². The summed E-state index contributed by atoms with van der Waals surface area (Å²) in [4.78, 5) is 11.3. The fraction of sp³-hybridized carbons (Fsp3) is 0.412. The first kappa shape index (κ1) is 16.2. The van der Waals surface area contributed by atoms with Crippen LogP contribution in [-0.4, -0.2) is 41.6 Å². The Balaban J connectivity index is 1.70. The van der Waals surface area contributed by atoms with Gasteiger partial charge >= 0.3 is 0 Å². The number of aromatic nitrogens is 2. The lowest BCUT2D eigenvalue weighted by Gasteiger charge is -2.32. The van der Waals surface area contributed by atoms with E-state index in [9.17, 15) is 0 Å². The molecule has 0 bridgehead atoms. The van der Waals surface area contributed by atoms with Crippen molar-refractivity contribution in [3.63, 3.8) is 0 Å². The van der Waals surface area contributed by atoms with Gasteiger partial charge in [-0.1, -0.05) is 11.6 Å². The third-order valence-electron chi connectivity index (χ3n) is 3.92. The Morgan fingerprint density at radius 3 is 3.00 bits per heavy atom. The van der Waals surface area contributed by atoms with Crippen LogP contribution in [0, 0.1) is 6.92 Å². The van der Waals surface area contributed by atoms with Crippen LogP contribution in [0.15, 0.2) is 30.5 Å². The van der Waals surface area contributed by atoms with Crippen LogP contribution in [0.25, 0.3) is 0 Å². The van der Waals surface area contributed by atoms with Crippen LogP contribution in [0.4, 0.5) is 5.69 Å². The number of halogens is 1. The van der Waals surface area contributed by atoms with Gasteiger partial charge in [0.25, 0.3) is 0 Å². The maximum atomic E-state index is 5.93. The number of nitrogens with one attached hydrogen (secondary N) is 1. The molecule has 23 heavy (non-hydrogen) atoms. The molecule has 3 heterocycles. The van der Waals surface area contributed by atoms with E-state index in [1.807, 2.05) is 32.2 Å². The van der Waals surface area contributed by atoms with Crippen molar-refractivity contribution in [3.05, 3.63) is 52.6 Å². The van der Waals surface area contributed by atoms with E-state index in [4.69, 9.17) is 16.3 Å². The summed E-state index contributed by atoms with van der Waals surface area (Å²) < 4.78 is 5.93. The van der Waals surface area contributed by atoms with Crippen molar-refractivity contribution in [2.24, 2.45) is 0 Å². The molecule has 1 atom stereocenters. The zero-order valence-corrected chi connectivity index (χ0v) is 14.2. The SMILES string of the molecule is CNc1cc(C)nc(C2CN(Cc3ccc(Cl)cn3)CCO2)c1. The maximum Gasteiger partial charge on any atom is 0.112 e. The number of nitrogens with zero attached hydrogens (tertiary/aromatic N) is 3. The van der Waals surface area contributed by atoms with E-state index >= 15 is 0 Å². The number of hydrogen-bond donors (Lipinski definition) is 1. The Morgan fingerprint density at radius 1 is 1.39 bits per heavy atom. The van der Waals surface area contributed by atoms with E-state index in [0.29, 0.717) is 11.6 Å². The van der Waals surface area contributed by atoms with Gasteiger partial charge in [-0.05, 0) is 31.2 Å². The summed E-state index contributed by atoms with van der Waals surface area (Å²) in [7, 11) is 1.92. The number of morpholine rings is 1. The van der Waals surface area contributed by atoms with Crippen molar-refractivity contribution < 1.29 is 4.74 Å². The van der Waals surface area contributed by atoms with E-state index in [0.717, 1.165) is 42.4 Å². The average molecular weight is 333 g/mol. The van der Waals surface area contributed by atoms with Gasteiger partial charge in [0.1, 0.15) is 6.10 Å². The van der Waals surface area contributed by atoms with Gasteiger partial charge in [0, 0.05) is 44.3 Å². The topological polar surface area (TPSA) is 50.3 Å². The fourth-order valence-electron chi connectivity index (χ4n) is 2.76. The fourth-order valence-corrected chi connectivity index (χ4v) is 2.87. The molecule has 0 spiro atoms. The van der Waals surface area contributed by atoms with E-state index in [1.165, 1.54) is 0 Å². The standard InChI is InChI=1S/C17H21ClN4O/c1-12-7-15(19-2)8-16(21-12)17-11-22(5-6-23-17)10-14-4-3-13(18)9-20-14/h3-4,7-9,17H,5-6,10-11H2,1-2H3,(H,19,21). The highest BCUT2D eigenvalue weighted by Crippen LogP contribution is 2.24. The average Bonchev–Trinajstić information content (AvgIpc) is 2.56. The molecule has 0 radical (unpaired) electrons. The Morgan fingerprint density at radius 2 is 2.26 bits per heavy atom. The second kappa shape index (κ2) is 7.25. The van der Waals surface area contributed by atoms with Crippen LogP contribution in [0.2, 0.25) is 5.02 Å². The van der Waals surface area contributed by atoms with Crippen molar-refractivity contribution in [3.8, 4) is 0 Å². The zero-order chi connectivity index (χ0) is 16.2. The second-order valence-electron chi connectivity index (χ2n) is 5.73. The van der Waals surface area contributed by atoms with Crippen LogP contribution in [-0.2, 0) is 11.3 Å². The molecule has 0 amide bonds. The molecule has 122 valence electrons. The van der Waals surface area contributed by atoms with Crippen LogP contribution >= 0.6 is 11.6 Å². The van der Waals surface area contributed by atoms with Gasteiger partial charge in [-0.15, -0.1) is 0 Å². The normalized spacial score (nSPS) is 18.8. The number of hydrogen-bond acceptors (Lipinski definition) is 5. The largest absolute Gasteiger partial charge is 0.388 e. The molecule has 2 aromatic rings. The van der Waals surface area contributed by atoms with Crippen molar-refractivity contribution in [1.82, 2.24) is 14.9 Å². The third-order valence-corrected chi connectivity index (χ3v) is 4.14. The van der Waals surface area contributed by atoms with Crippen LogP contribution in [0.3, 0.4) is 0 Å². The summed E-state index contributed by atoms with van der Waals surface area (Å²) in [6, 6.07) is 7.93. The van der Waals surface area contributed by atoms with Crippen LogP contribution in [0.1, 0.15) is 23.2 Å². The number of ether oxygens (including phenoxy) is 1. The summed E-state index contributed by atoms with van der Waals surface area (Å²) in [6.45, 7) is 5.20. The van der Waals surface area contributed by atoms with Gasteiger partial charge in [0.05, 0.1) is 23.0 Å². The van der Waals surface area contributed by atoms with Crippen molar-refractivity contribution in [2.45, 2.75) is 19.6 Å². The Hall–Kier alpha value is -1.69. The van der Waals surface area contributed by atoms with Crippen molar-refractivity contribution in [1.29, 1.82) is 0 Å². The minimum atomic E-state index is -0.0111. The first-order valence-electron chi connectivity index (χ1n) is 7.75. The predicted octanol–water partition coefficient (Wildman–Crippen LogP) is 3.05. The van der Waals surface area contributed by atoms with Gasteiger partial charge in [0.15, 0.2) is 0 Å². The molecular formula is C17H21ClN4O. The molecule has 1 unspecified atom stereocenters. The third kappa shape index (κ3) is 4.19. The first-order chi connectivity index (χ1) is 11.1. The van der Waals surface area contributed by atoms with Gasteiger partial charge < -0.3 is 10.1 Å². The van der Waals surface area contributed by atoms with Gasteiger partial charge in [-0.3, -0.25) is 14.9 Å². The first-order valence-corrected chi connectivity index (χ1v) is 8.12. The Bertz CT molecular complexity index is 662. The minimum absolute atomic E-state index is 0.0111. The summed E-state index contributed by atoms with van der Waals surface area (Å²) in [5.74, 6) is 0. The summed E-state index contributed by atoms with van der Waals surface area (Å²) >= 11 is 5.89. The number of aryl methyl sites for hydroxylation is 1. The molecule has 6 heteroatoms. The lowest BCUT2D eigenvalue weighted by molar-refractivity contribution is -0.0353. The highest BCUT2D eigenvalue weighted by atomic mass is 35.5. The molecule has 5 nitrogen and oxygen atoms in total. The molecule has 0 saturated carbocycles. The van der Waals surface area contributed by atoms with Crippen molar-refractivity contribution in [2.75, 3.05) is 32.1 Å². The molecule has 1 aliphatic heterocycles. The molecule has 3 rings (SSSR count). The molecule has 1 aliphatic rings. The second-order valence-corrected chi connectivity index (χ2v) is 6.17. The Kier molecular flexibility index (Phi) is 5.10. The quantitative estimate of drug-likeness (QED) is 0.932. The molecule has 0 aliphatic carbocycles. The molecule has 1 fully saturated rings. The Labute approximate surface area is 141 Å². The smallest absolute Gasteiger partial charge is 0.112 e. The molecule has 1 N–H and O–H groups in total. The minimum Gasteiger partial charge on any atom is -0.388 e.